The minimum atomic E-state index is -0.371. The van der Waals surface area contributed by atoms with Gasteiger partial charge in [-0.3, -0.25) is 14.4 Å². The molecule has 1 fully saturated rings. The first-order valence-electron chi connectivity index (χ1n) is 10.6. The SMILES string of the molecule is CC(=O)c1cccc(NC(=O)Cn2nc(N3CCC(C)CC3)c3ccccc3c2=O)c1. The van der Waals surface area contributed by atoms with E-state index in [4.69, 9.17) is 0 Å². The van der Waals surface area contributed by atoms with Crippen LogP contribution in [0.1, 0.15) is 37.0 Å². The lowest BCUT2D eigenvalue weighted by molar-refractivity contribution is -0.117. The van der Waals surface area contributed by atoms with Gasteiger partial charge in [0.25, 0.3) is 5.56 Å². The molecule has 31 heavy (non-hydrogen) atoms. The summed E-state index contributed by atoms with van der Waals surface area (Å²) in [6.07, 6.45) is 2.14. The molecule has 0 atom stereocenters. The lowest BCUT2D eigenvalue weighted by atomic mass is 9.99. The Morgan fingerprint density at radius 2 is 1.77 bits per heavy atom. The number of hydrogen-bond acceptors (Lipinski definition) is 5. The molecular weight excluding hydrogens is 392 g/mol. The third kappa shape index (κ3) is 4.50. The summed E-state index contributed by atoms with van der Waals surface area (Å²) in [4.78, 5) is 39.5. The summed E-state index contributed by atoms with van der Waals surface area (Å²) in [5.74, 6) is 0.964. The topological polar surface area (TPSA) is 84.3 Å². The maximum atomic E-state index is 13.0. The van der Waals surface area contributed by atoms with E-state index in [0.29, 0.717) is 22.6 Å². The van der Waals surface area contributed by atoms with Gasteiger partial charge in [0.05, 0.1) is 5.39 Å². The van der Waals surface area contributed by atoms with Gasteiger partial charge >= 0.3 is 0 Å². The predicted molar refractivity (Wildman–Crippen MR) is 122 cm³/mol. The minimum Gasteiger partial charge on any atom is -0.355 e. The Balaban J connectivity index is 1.63. The zero-order chi connectivity index (χ0) is 22.0. The number of aromatic nitrogens is 2. The van der Waals surface area contributed by atoms with Crippen molar-refractivity contribution >= 4 is 34.0 Å². The quantitative estimate of drug-likeness (QED) is 0.642. The second kappa shape index (κ2) is 8.71. The van der Waals surface area contributed by atoms with Gasteiger partial charge < -0.3 is 10.2 Å². The molecule has 1 saturated heterocycles. The fourth-order valence-electron chi connectivity index (χ4n) is 3.93. The van der Waals surface area contributed by atoms with E-state index in [0.717, 1.165) is 37.1 Å². The number of carbonyl (C=O) groups is 2. The number of rotatable bonds is 5. The molecule has 1 aromatic heterocycles. The van der Waals surface area contributed by atoms with Gasteiger partial charge in [-0.25, -0.2) is 4.68 Å². The number of piperidine rings is 1. The van der Waals surface area contributed by atoms with Gasteiger partial charge in [0.1, 0.15) is 6.54 Å². The molecule has 4 rings (SSSR count). The highest BCUT2D eigenvalue weighted by atomic mass is 16.2. The molecule has 160 valence electrons. The zero-order valence-electron chi connectivity index (χ0n) is 17.8. The molecule has 1 aliphatic rings. The van der Waals surface area contributed by atoms with Crippen molar-refractivity contribution in [2.24, 2.45) is 5.92 Å². The van der Waals surface area contributed by atoms with Crippen LogP contribution in [0.4, 0.5) is 11.5 Å². The first-order chi connectivity index (χ1) is 14.9. The lowest BCUT2D eigenvalue weighted by Gasteiger charge is -2.32. The van der Waals surface area contributed by atoms with Crippen molar-refractivity contribution in [3.05, 3.63) is 64.4 Å². The summed E-state index contributed by atoms with van der Waals surface area (Å²) in [5.41, 5.74) is 0.731. The van der Waals surface area contributed by atoms with Crippen LogP contribution in [0, 0.1) is 5.92 Å². The summed E-state index contributed by atoms with van der Waals surface area (Å²) < 4.78 is 1.24. The smallest absolute Gasteiger partial charge is 0.275 e. The first kappa shape index (κ1) is 20.8. The van der Waals surface area contributed by atoms with Crippen LogP contribution in [0.5, 0.6) is 0 Å². The summed E-state index contributed by atoms with van der Waals surface area (Å²) in [7, 11) is 0. The summed E-state index contributed by atoms with van der Waals surface area (Å²) >= 11 is 0. The number of anilines is 2. The van der Waals surface area contributed by atoms with E-state index in [1.807, 2.05) is 18.2 Å². The lowest BCUT2D eigenvalue weighted by Crippen LogP contribution is -2.37. The number of carbonyl (C=O) groups excluding carboxylic acids is 2. The molecule has 7 heteroatoms. The molecule has 0 aliphatic carbocycles. The van der Waals surface area contributed by atoms with Crippen molar-refractivity contribution in [3.63, 3.8) is 0 Å². The van der Waals surface area contributed by atoms with Crippen molar-refractivity contribution in [1.29, 1.82) is 0 Å². The molecule has 0 spiro atoms. The molecule has 2 aromatic carbocycles. The van der Waals surface area contributed by atoms with Crippen LogP contribution in [0.25, 0.3) is 10.8 Å². The van der Waals surface area contributed by atoms with E-state index in [-0.39, 0.29) is 23.8 Å². The van der Waals surface area contributed by atoms with Crippen LogP contribution in [0.3, 0.4) is 0 Å². The fraction of sp³-hybridized carbons (Fsp3) is 0.333. The van der Waals surface area contributed by atoms with Gasteiger partial charge in [0, 0.05) is 29.7 Å². The standard InChI is InChI=1S/C24H26N4O3/c1-16-10-12-27(13-11-16)23-20-8-3-4-9-21(20)24(31)28(26-23)15-22(30)25-19-7-5-6-18(14-19)17(2)29/h3-9,14,16H,10-13,15H2,1-2H3,(H,25,30). The van der Waals surface area contributed by atoms with Crippen LogP contribution in [-0.2, 0) is 11.3 Å². The molecule has 2 heterocycles. The van der Waals surface area contributed by atoms with Gasteiger partial charge in [-0.15, -0.1) is 0 Å². The third-order valence-electron chi connectivity index (χ3n) is 5.78. The maximum Gasteiger partial charge on any atom is 0.275 e. The van der Waals surface area contributed by atoms with Gasteiger partial charge in [0.15, 0.2) is 11.6 Å². The summed E-state index contributed by atoms with van der Waals surface area (Å²) in [5, 5.41) is 8.72. The zero-order valence-corrected chi connectivity index (χ0v) is 17.8. The van der Waals surface area contributed by atoms with E-state index in [9.17, 15) is 14.4 Å². The second-order valence-electron chi connectivity index (χ2n) is 8.19. The normalized spacial score (nSPS) is 14.6. The highest BCUT2D eigenvalue weighted by Gasteiger charge is 2.21. The Morgan fingerprint density at radius 1 is 1.06 bits per heavy atom. The van der Waals surface area contributed by atoms with Gasteiger partial charge in [-0.1, -0.05) is 37.3 Å². The Morgan fingerprint density at radius 3 is 2.48 bits per heavy atom. The third-order valence-corrected chi connectivity index (χ3v) is 5.78. The van der Waals surface area contributed by atoms with Crippen molar-refractivity contribution in [2.45, 2.75) is 33.2 Å². The highest BCUT2D eigenvalue weighted by molar-refractivity contribution is 5.97. The summed E-state index contributed by atoms with van der Waals surface area (Å²) in [6, 6.07) is 14.1. The number of benzene rings is 2. The van der Waals surface area contributed by atoms with Gasteiger partial charge in [0.2, 0.25) is 5.91 Å². The van der Waals surface area contributed by atoms with E-state index >= 15 is 0 Å². The Labute approximate surface area is 180 Å². The number of nitrogens with zero attached hydrogens (tertiary/aromatic N) is 3. The number of amides is 1. The number of ketones is 1. The van der Waals surface area contributed by atoms with Crippen LogP contribution >= 0.6 is 0 Å². The Hall–Kier alpha value is -3.48. The Kier molecular flexibility index (Phi) is 5.84. The van der Waals surface area contributed by atoms with E-state index in [2.05, 4.69) is 22.2 Å². The fourth-order valence-corrected chi connectivity index (χ4v) is 3.93. The van der Waals surface area contributed by atoms with Crippen molar-refractivity contribution in [2.75, 3.05) is 23.3 Å². The minimum absolute atomic E-state index is 0.0796. The number of hydrogen-bond donors (Lipinski definition) is 1. The highest BCUT2D eigenvalue weighted by Crippen LogP contribution is 2.26. The molecule has 7 nitrogen and oxygen atoms in total. The summed E-state index contributed by atoms with van der Waals surface area (Å²) in [6.45, 7) is 5.27. The Bertz CT molecular complexity index is 1190. The average Bonchev–Trinajstić information content (AvgIpc) is 2.76. The predicted octanol–water partition coefficient (Wildman–Crippen LogP) is 3.47. The van der Waals surface area contributed by atoms with Crippen LogP contribution in [0.15, 0.2) is 53.3 Å². The van der Waals surface area contributed by atoms with Gasteiger partial charge in [-0.05, 0) is 43.9 Å². The van der Waals surface area contributed by atoms with Crippen LogP contribution in [-0.4, -0.2) is 34.6 Å². The molecule has 3 aromatic rings. The molecule has 0 radical (unpaired) electrons. The maximum absolute atomic E-state index is 13.0. The molecular formula is C24H26N4O3. The molecule has 0 saturated carbocycles. The van der Waals surface area contributed by atoms with Crippen molar-refractivity contribution in [1.82, 2.24) is 9.78 Å². The largest absolute Gasteiger partial charge is 0.355 e. The van der Waals surface area contributed by atoms with Crippen molar-refractivity contribution < 1.29 is 9.59 Å². The molecule has 0 bridgehead atoms. The second-order valence-corrected chi connectivity index (χ2v) is 8.19. The van der Waals surface area contributed by atoms with E-state index in [1.165, 1.54) is 11.6 Å². The van der Waals surface area contributed by atoms with Crippen molar-refractivity contribution in [3.8, 4) is 0 Å². The van der Waals surface area contributed by atoms with Crippen LogP contribution < -0.4 is 15.8 Å². The molecule has 0 unspecified atom stereocenters. The molecule has 1 N–H and O–H groups in total. The average molecular weight is 418 g/mol. The molecule has 1 aliphatic heterocycles. The number of Topliss-reactive ketones (excluding diaryl/α,β-unsaturated/α-hetero) is 1. The number of fused-ring (bicyclic) bond motifs is 1. The molecule has 1 amide bonds. The van der Waals surface area contributed by atoms with E-state index < -0.39 is 0 Å². The van der Waals surface area contributed by atoms with Gasteiger partial charge in [-0.2, -0.15) is 5.10 Å². The van der Waals surface area contributed by atoms with E-state index in [1.54, 1.807) is 30.3 Å². The monoisotopic (exact) mass is 418 g/mol. The first-order valence-corrected chi connectivity index (χ1v) is 10.6. The number of nitrogens with one attached hydrogen (secondary N) is 1. The van der Waals surface area contributed by atoms with Crippen LogP contribution in [0.2, 0.25) is 0 Å².